The fourth-order valence-corrected chi connectivity index (χ4v) is 3.18. The lowest BCUT2D eigenvalue weighted by molar-refractivity contribution is 0.167. The highest BCUT2D eigenvalue weighted by molar-refractivity contribution is 5.74. The number of amides is 2. The molecule has 24 heavy (non-hydrogen) atoms. The van der Waals surface area contributed by atoms with Crippen LogP contribution in [0.2, 0.25) is 0 Å². The summed E-state index contributed by atoms with van der Waals surface area (Å²) in [6.07, 6.45) is 3.79. The van der Waals surface area contributed by atoms with Gasteiger partial charge in [-0.05, 0) is 43.9 Å². The Morgan fingerprint density at radius 1 is 1.33 bits per heavy atom. The number of piperidine rings is 1. The minimum Gasteiger partial charge on any atom is -0.387 e. The molecule has 1 aliphatic heterocycles. The number of benzene rings is 1. The van der Waals surface area contributed by atoms with Crippen LogP contribution < -0.4 is 10.6 Å². The van der Waals surface area contributed by atoms with Gasteiger partial charge in [-0.25, -0.2) is 4.79 Å². The van der Waals surface area contributed by atoms with E-state index in [0.29, 0.717) is 0 Å². The number of rotatable bonds is 7. The third-order valence-corrected chi connectivity index (χ3v) is 4.75. The molecule has 0 aliphatic carbocycles. The molecule has 1 saturated heterocycles. The number of urea groups is 1. The molecule has 3 N–H and O–H groups in total. The molecular weight excluding hydrogens is 302 g/mol. The summed E-state index contributed by atoms with van der Waals surface area (Å²) in [6, 6.07) is 7.75. The Morgan fingerprint density at radius 3 is 2.71 bits per heavy atom. The first-order chi connectivity index (χ1) is 11.6. The second-order valence-corrected chi connectivity index (χ2v) is 6.70. The number of likely N-dealkylation sites (tertiary alicyclic amines) is 1. The standard InChI is InChI=1S/C19H31N3O2/c1-3-4-11-22-12-9-16(10-13-22)21-19(24)20-14-18(23)17-8-6-5-7-15(17)2/h5-8,16,18,23H,3-4,9-14H2,1-2H3,(H2,20,21,24). The molecule has 2 rings (SSSR count). The van der Waals surface area contributed by atoms with E-state index in [9.17, 15) is 9.90 Å². The van der Waals surface area contributed by atoms with Gasteiger partial charge in [0.25, 0.3) is 0 Å². The van der Waals surface area contributed by atoms with Gasteiger partial charge in [0.15, 0.2) is 0 Å². The van der Waals surface area contributed by atoms with Gasteiger partial charge in [-0.3, -0.25) is 0 Å². The van der Waals surface area contributed by atoms with Gasteiger partial charge in [-0.15, -0.1) is 0 Å². The summed E-state index contributed by atoms with van der Waals surface area (Å²) in [4.78, 5) is 14.5. The zero-order chi connectivity index (χ0) is 17.4. The van der Waals surface area contributed by atoms with Crippen molar-refractivity contribution in [3.05, 3.63) is 35.4 Å². The van der Waals surface area contributed by atoms with Crippen molar-refractivity contribution in [2.24, 2.45) is 0 Å². The second-order valence-electron chi connectivity index (χ2n) is 6.70. The molecule has 0 aromatic heterocycles. The fourth-order valence-electron chi connectivity index (χ4n) is 3.18. The van der Waals surface area contributed by atoms with Gasteiger partial charge in [-0.2, -0.15) is 0 Å². The lowest BCUT2D eigenvalue weighted by Crippen LogP contribution is -2.48. The van der Waals surface area contributed by atoms with E-state index >= 15 is 0 Å². The predicted octanol–water partition coefficient (Wildman–Crippen LogP) is 2.59. The first kappa shape index (κ1) is 18.7. The van der Waals surface area contributed by atoms with Crippen molar-refractivity contribution in [2.45, 2.75) is 51.7 Å². The van der Waals surface area contributed by atoms with Crippen molar-refractivity contribution >= 4 is 6.03 Å². The Bertz CT molecular complexity index is 513. The van der Waals surface area contributed by atoms with Crippen LogP contribution in [0.3, 0.4) is 0 Å². The zero-order valence-corrected chi connectivity index (χ0v) is 14.9. The van der Waals surface area contributed by atoms with E-state index in [4.69, 9.17) is 0 Å². The number of hydrogen-bond donors (Lipinski definition) is 3. The molecule has 0 bridgehead atoms. The average Bonchev–Trinajstić information content (AvgIpc) is 2.59. The van der Waals surface area contributed by atoms with Gasteiger partial charge in [0, 0.05) is 25.7 Å². The van der Waals surface area contributed by atoms with Gasteiger partial charge >= 0.3 is 6.03 Å². The van der Waals surface area contributed by atoms with E-state index in [1.165, 1.54) is 12.8 Å². The van der Waals surface area contributed by atoms with Crippen molar-refractivity contribution in [2.75, 3.05) is 26.2 Å². The number of unbranched alkanes of at least 4 members (excludes halogenated alkanes) is 1. The smallest absolute Gasteiger partial charge is 0.315 e. The minimum atomic E-state index is -0.673. The highest BCUT2D eigenvalue weighted by atomic mass is 16.3. The van der Waals surface area contributed by atoms with Crippen LogP contribution in [0.1, 0.15) is 49.8 Å². The Kier molecular flexibility index (Phi) is 7.53. The van der Waals surface area contributed by atoms with Gasteiger partial charge in [0.1, 0.15) is 0 Å². The maximum absolute atomic E-state index is 12.0. The van der Waals surface area contributed by atoms with E-state index in [2.05, 4.69) is 22.5 Å². The number of aliphatic hydroxyl groups excluding tert-OH is 1. The molecule has 1 aromatic rings. The largest absolute Gasteiger partial charge is 0.387 e. The third kappa shape index (κ3) is 5.80. The summed E-state index contributed by atoms with van der Waals surface area (Å²) in [6.45, 7) is 7.67. The van der Waals surface area contributed by atoms with Gasteiger partial charge < -0.3 is 20.6 Å². The Hall–Kier alpha value is -1.59. The van der Waals surface area contributed by atoms with Gasteiger partial charge in [-0.1, -0.05) is 37.6 Å². The molecule has 5 nitrogen and oxygen atoms in total. The fraction of sp³-hybridized carbons (Fsp3) is 0.632. The molecule has 1 unspecified atom stereocenters. The van der Waals surface area contributed by atoms with E-state index in [0.717, 1.165) is 43.6 Å². The van der Waals surface area contributed by atoms with Crippen molar-refractivity contribution in [1.82, 2.24) is 15.5 Å². The molecule has 134 valence electrons. The number of aryl methyl sites for hydroxylation is 1. The number of carbonyl (C=O) groups is 1. The van der Waals surface area contributed by atoms with Crippen LogP contribution in [-0.4, -0.2) is 48.3 Å². The van der Waals surface area contributed by atoms with Crippen LogP contribution in [0.4, 0.5) is 4.79 Å². The normalized spacial score (nSPS) is 17.5. The van der Waals surface area contributed by atoms with Crippen LogP contribution >= 0.6 is 0 Å². The summed E-state index contributed by atoms with van der Waals surface area (Å²) in [5.41, 5.74) is 1.90. The zero-order valence-electron chi connectivity index (χ0n) is 14.9. The summed E-state index contributed by atoms with van der Waals surface area (Å²) in [5, 5.41) is 16.0. The number of carbonyl (C=O) groups excluding carboxylic acids is 1. The lowest BCUT2D eigenvalue weighted by atomic mass is 10.0. The second kappa shape index (κ2) is 9.64. The summed E-state index contributed by atoms with van der Waals surface area (Å²) in [5.74, 6) is 0. The first-order valence-corrected chi connectivity index (χ1v) is 9.10. The minimum absolute atomic E-state index is 0.186. The monoisotopic (exact) mass is 333 g/mol. The number of nitrogens with zero attached hydrogens (tertiary/aromatic N) is 1. The molecule has 0 saturated carbocycles. The van der Waals surface area contributed by atoms with Crippen molar-refractivity contribution < 1.29 is 9.90 Å². The molecule has 2 amide bonds. The lowest BCUT2D eigenvalue weighted by Gasteiger charge is -2.32. The SMILES string of the molecule is CCCCN1CCC(NC(=O)NCC(O)c2ccccc2C)CC1. The van der Waals surface area contributed by atoms with E-state index in [1.807, 2.05) is 31.2 Å². The van der Waals surface area contributed by atoms with Crippen LogP contribution in [0, 0.1) is 6.92 Å². The maximum Gasteiger partial charge on any atom is 0.315 e. The van der Waals surface area contributed by atoms with E-state index < -0.39 is 6.10 Å². The van der Waals surface area contributed by atoms with E-state index in [1.54, 1.807) is 0 Å². The van der Waals surface area contributed by atoms with Crippen LogP contribution in [-0.2, 0) is 0 Å². The number of aliphatic hydroxyl groups is 1. The van der Waals surface area contributed by atoms with E-state index in [-0.39, 0.29) is 18.6 Å². The van der Waals surface area contributed by atoms with Crippen LogP contribution in [0.15, 0.2) is 24.3 Å². The van der Waals surface area contributed by atoms with Gasteiger partial charge in [0.05, 0.1) is 6.10 Å². The average molecular weight is 333 g/mol. The molecule has 0 spiro atoms. The Morgan fingerprint density at radius 2 is 2.04 bits per heavy atom. The molecule has 1 aromatic carbocycles. The van der Waals surface area contributed by atoms with Crippen LogP contribution in [0.25, 0.3) is 0 Å². The summed E-state index contributed by atoms with van der Waals surface area (Å²) in [7, 11) is 0. The van der Waals surface area contributed by atoms with Gasteiger partial charge in [0.2, 0.25) is 0 Å². The first-order valence-electron chi connectivity index (χ1n) is 9.10. The molecule has 1 atom stereocenters. The Balaban J connectivity index is 1.68. The molecule has 1 aliphatic rings. The number of nitrogens with one attached hydrogen (secondary N) is 2. The van der Waals surface area contributed by atoms with Crippen molar-refractivity contribution in [3.8, 4) is 0 Å². The predicted molar refractivity (Wildman–Crippen MR) is 97.0 cm³/mol. The van der Waals surface area contributed by atoms with Crippen LogP contribution in [0.5, 0.6) is 0 Å². The number of hydrogen-bond acceptors (Lipinski definition) is 3. The van der Waals surface area contributed by atoms with Crippen molar-refractivity contribution in [1.29, 1.82) is 0 Å². The topological polar surface area (TPSA) is 64.6 Å². The molecule has 1 fully saturated rings. The molecule has 0 radical (unpaired) electrons. The summed E-state index contributed by atoms with van der Waals surface area (Å²) < 4.78 is 0. The maximum atomic E-state index is 12.0. The third-order valence-electron chi connectivity index (χ3n) is 4.75. The molecule has 5 heteroatoms. The van der Waals surface area contributed by atoms with Crippen molar-refractivity contribution in [3.63, 3.8) is 0 Å². The quantitative estimate of drug-likeness (QED) is 0.719. The summed E-state index contributed by atoms with van der Waals surface area (Å²) >= 11 is 0. The molecule has 1 heterocycles. The highest BCUT2D eigenvalue weighted by Crippen LogP contribution is 2.16. The Labute approximate surface area is 145 Å². The highest BCUT2D eigenvalue weighted by Gasteiger charge is 2.20. The molecular formula is C19H31N3O2.